The largest absolute Gasteiger partial charge is 0.346 e. The first-order chi connectivity index (χ1) is 7.87. The molecule has 94 valence electrons. The lowest BCUT2D eigenvalue weighted by molar-refractivity contribution is 0.0930. The average molecular weight is 260 g/mol. The number of hydrogen-bond donors (Lipinski definition) is 2. The Hall–Kier alpha value is -1.64. The summed E-state index contributed by atoms with van der Waals surface area (Å²) in [6.07, 6.45) is 0.394. The second-order valence-corrected chi connectivity index (χ2v) is 6.20. The highest BCUT2D eigenvalue weighted by Crippen LogP contribution is 2.11. The van der Waals surface area contributed by atoms with E-state index >= 15 is 0 Å². The maximum Gasteiger partial charge on any atom is 0.343 e. The van der Waals surface area contributed by atoms with Crippen LogP contribution in [0.15, 0.2) is 4.79 Å². The quantitative estimate of drug-likeness (QED) is 0.640. The fraction of sp³-hybridized carbons (Fsp3) is 0.625. The van der Waals surface area contributed by atoms with E-state index in [1.165, 1.54) is 7.05 Å². The summed E-state index contributed by atoms with van der Waals surface area (Å²) in [7, 11) is -1.63. The fourth-order valence-corrected chi connectivity index (χ4v) is 3.34. The minimum absolute atomic E-state index is 0.0597. The number of nitrogens with zero attached hydrogens (tertiary/aromatic N) is 2. The van der Waals surface area contributed by atoms with Gasteiger partial charge in [-0.05, 0) is 6.42 Å². The maximum atomic E-state index is 11.6. The molecule has 1 aliphatic rings. The van der Waals surface area contributed by atoms with Crippen LogP contribution in [-0.2, 0) is 16.9 Å². The van der Waals surface area contributed by atoms with Gasteiger partial charge in [0.1, 0.15) is 0 Å². The van der Waals surface area contributed by atoms with E-state index in [1.807, 2.05) is 0 Å². The van der Waals surface area contributed by atoms with Crippen molar-refractivity contribution in [3.05, 3.63) is 16.3 Å². The predicted molar refractivity (Wildman–Crippen MR) is 58.4 cm³/mol. The van der Waals surface area contributed by atoms with Crippen LogP contribution in [0, 0.1) is 0 Å². The molecular weight excluding hydrogens is 248 g/mol. The first-order valence-electron chi connectivity index (χ1n) is 5.02. The van der Waals surface area contributed by atoms with E-state index < -0.39 is 27.5 Å². The van der Waals surface area contributed by atoms with Gasteiger partial charge < -0.3 is 5.32 Å². The van der Waals surface area contributed by atoms with Crippen molar-refractivity contribution in [2.24, 2.45) is 7.05 Å². The standard InChI is InChI=1S/C8H12N4O4S/c1-12-8(14)10-6(11-12)7(13)9-5-2-3-17(15,16)4-5/h5H,2-4H2,1H3,(H,9,13)(H,10,11,14). The SMILES string of the molecule is Cn1nc(C(=O)NC2CCS(=O)(=O)C2)[nH]c1=O. The second-order valence-electron chi connectivity index (χ2n) is 3.98. The number of aromatic nitrogens is 3. The fourth-order valence-electron chi connectivity index (χ4n) is 1.67. The van der Waals surface area contributed by atoms with Gasteiger partial charge in [-0.3, -0.25) is 9.78 Å². The Balaban J connectivity index is 2.06. The molecule has 0 bridgehead atoms. The highest BCUT2D eigenvalue weighted by atomic mass is 32.2. The van der Waals surface area contributed by atoms with Gasteiger partial charge in [0.25, 0.3) is 5.91 Å². The lowest BCUT2D eigenvalue weighted by Crippen LogP contribution is -2.36. The van der Waals surface area contributed by atoms with Crippen LogP contribution in [0.25, 0.3) is 0 Å². The third-order valence-corrected chi connectivity index (χ3v) is 4.32. The zero-order valence-electron chi connectivity index (χ0n) is 9.13. The molecular formula is C8H12N4O4S. The van der Waals surface area contributed by atoms with Crippen LogP contribution in [0.4, 0.5) is 0 Å². The smallest absolute Gasteiger partial charge is 0.343 e. The average Bonchev–Trinajstić information content (AvgIpc) is 2.71. The Morgan fingerprint density at radius 2 is 2.29 bits per heavy atom. The van der Waals surface area contributed by atoms with Crippen molar-refractivity contribution in [2.45, 2.75) is 12.5 Å². The van der Waals surface area contributed by atoms with Crippen molar-refractivity contribution >= 4 is 15.7 Å². The third kappa shape index (κ3) is 2.54. The van der Waals surface area contributed by atoms with E-state index in [0.717, 1.165) is 4.68 Å². The summed E-state index contributed by atoms with van der Waals surface area (Å²) in [5.74, 6) is -0.654. The molecule has 17 heavy (non-hydrogen) atoms. The van der Waals surface area contributed by atoms with Crippen LogP contribution in [0.1, 0.15) is 17.0 Å². The molecule has 9 heteroatoms. The van der Waals surface area contributed by atoms with Crippen LogP contribution in [0.5, 0.6) is 0 Å². The van der Waals surface area contributed by atoms with E-state index in [4.69, 9.17) is 0 Å². The normalized spacial score (nSPS) is 22.5. The molecule has 1 unspecified atom stereocenters. The van der Waals surface area contributed by atoms with Crippen LogP contribution < -0.4 is 11.0 Å². The van der Waals surface area contributed by atoms with Gasteiger partial charge in [-0.15, -0.1) is 5.10 Å². The minimum atomic E-state index is -3.04. The van der Waals surface area contributed by atoms with Crippen molar-refractivity contribution in [1.82, 2.24) is 20.1 Å². The highest BCUT2D eigenvalue weighted by molar-refractivity contribution is 7.91. The van der Waals surface area contributed by atoms with Crippen molar-refractivity contribution in [1.29, 1.82) is 0 Å². The number of sulfone groups is 1. The van der Waals surface area contributed by atoms with E-state index in [-0.39, 0.29) is 17.3 Å². The zero-order chi connectivity index (χ0) is 12.6. The molecule has 2 N–H and O–H groups in total. The van der Waals surface area contributed by atoms with Gasteiger partial charge in [0.2, 0.25) is 5.82 Å². The Kier molecular flexibility index (Phi) is 2.77. The lowest BCUT2D eigenvalue weighted by Gasteiger charge is -2.08. The summed E-state index contributed by atoms with van der Waals surface area (Å²) in [6, 6.07) is -0.405. The first kappa shape index (κ1) is 11.8. The molecule has 1 aromatic heterocycles. The number of nitrogens with one attached hydrogen (secondary N) is 2. The number of aryl methyl sites for hydroxylation is 1. The monoisotopic (exact) mass is 260 g/mol. The number of carbonyl (C=O) groups excluding carboxylic acids is 1. The predicted octanol–water partition coefficient (Wildman–Crippen LogP) is -1.97. The van der Waals surface area contributed by atoms with Crippen molar-refractivity contribution in [3.8, 4) is 0 Å². The minimum Gasteiger partial charge on any atom is -0.346 e. The summed E-state index contributed by atoms with van der Waals surface area (Å²) < 4.78 is 23.4. The molecule has 0 aliphatic carbocycles. The molecule has 2 heterocycles. The lowest BCUT2D eigenvalue weighted by atomic mass is 10.2. The van der Waals surface area contributed by atoms with Crippen molar-refractivity contribution in [3.63, 3.8) is 0 Å². The molecule has 1 aromatic rings. The van der Waals surface area contributed by atoms with Crippen LogP contribution in [0.3, 0.4) is 0 Å². The second kappa shape index (κ2) is 3.99. The van der Waals surface area contributed by atoms with Crippen LogP contribution in [-0.4, -0.2) is 46.6 Å². The van der Waals surface area contributed by atoms with Gasteiger partial charge in [-0.25, -0.2) is 17.9 Å². The first-order valence-corrected chi connectivity index (χ1v) is 6.84. The molecule has 8 nitrogen and oxygen atoms in total. The molecule has 1 aliphatic heterocycles. The Morgan fingerprint density at radius 1 is 1.59 bits per heavy atom. The summed E-state index contributed by atoms with van der Waals surface area (Å²) in [5.41, 5.74) is -0.491. The number of rotatable bonds is 2. The van der Waals surface area contributed by atoms with Gasteiger partial charge in [0, 0.05) is 13.1 Å². The molecule has 1 saturated heterocycles. The summed E-state index contributed by atoms with van der Waals surface area (Å²) in [6.45, 7) is 0. The molecule has 0 aromatic carbocycles. The molecule has 0 saturated carbocycles. The number of aromatic amines is 1. The van der Waals surface area contributed by atoms with Gasteiger partial charge in [-0.1, -0.05) is 0 Å². The van der Waals surface area contributed by atoms with E-state index in [0.29, 0.717) is 6.42 Å². The highest BCUT2D eigenvalue weighted by Gasteiger charge is 2.29. The number of H-pyrrole nitrogens is 1. The van der Waals surface area contributed by atoms with E-state index in [2.05, 4.69) is 15.4 Å². The molecule has 2 rings (SSSR count). The van der Waals surface area contributed by atoms with E-state index in [9.17, 15) is 18.0 Å². The van der Waals surface area contributed by atoms with Gasteiger partial charge >= 0.3 is 5.69 Å². The van der Waals surface area contributed by atoms with Crippen molar-refractivity contribution in [2.75, 3.05) is 11.5 Å². The summed E-state index contributed by atoms with van der Waals surface area (Å²) in [4.78, 5) is 25.0. The molecule has 0 spiro atoms. The Labute approximate surface area is 96.9 Å². The van der Waals surface area contributed by atoms with Crippen LogP contribution in [0.2, 0.25) is 0 Å². The van der Waals surface area contributed by atoms with Gasteiger partial charge in [-0.2, -0.15) is 0 Å². The zero-order valence-corrected chi connectivity index (χ0v) is 9.95. The third-order valence-electron chi connectivity index (χ3n) is 2.55. The van der Waals surface area contributed by atoms with Gasteiger partial charge in [0.15, 0.2) is 9.84 Å². The molecule has 0 radical (unpaired) electrons. The van der Waals surface area contributed by atoms with Crippen molar-refractivity contribution < 1.29 is 13.2 Å². The Bertz CT molecular complexity index is 599. The Morgan fingerprint density at radius 3 is 2.76 bits per heavy atom. The molecule has 1 atom stereocenters. The number of amides is 1. The molecule has 1 fully saturated rings. The van der Waals surface area contributed by atoms with Gasteiger partial charge in [0.05, 0.1) is 11.5 Å². The summed E-state index contributed by atoms with van der Waals surface area (Å²) >= 11 is 0. The van der Waals surface area contributed by atoms with E-state index in [1.54, 1.807) is 0 Å². The topological polar surface area (TPSA) is 114 Å². The summed E-state index contributed by atoms with van der Waals surface area (Å²) in [5, 5.41) is 6.20. The maximum absolute atomic E-state index is 11.6. The van der Waals surface area contributed by atoms with Crippen LogP contribution >= 0.6 is 0 Å². The number of carbonyl (C=O) groups is 1. The number of hydrogen-bond acceptors (Lipinski definition) is 5. The molecule has 1 amide bonds.